The highest BCUT2D eigenvalue weighted by atomic mass is 35.5. The third kappa shape index (κ3) is 4.73. The maximum atomic E-state index is 13.5. The number of aryl methyl sites for hydroxylation is 1. The van der Waals surface area contributed by atoms with E-state index in [9.17, 15) is 8.42 Å². The predicted molar refractivity (Wildman–Crippen MR) is 144 cm³/mol. The molecule has 1 saturated heterocycles. The summed E-state index contributed by atoms with van der Waals surface area (Å²) >= 11 is 6.32. The van der Waals surface area contributed by atoms with Gasteiger partial charge in [0, 0.05) is 36.4 Å². The molecular formula is C27H30ClN5O2S. The minimum absolute atomic E-state index is 0.0319. The van der Waals surface area contributed by atoms with Crippen LogP contribution in [0.25, 0.3) is 11.0 Å². The minimum atomic E-state index is -4.01. The molecule has 1 fully saturated rings. The standard InChI is InChI=1S/C27H30ClN5O2S/c1-19-9-11-22(12-10-19)36(34,35)33-16-14-23-25(29-27(28)30-26(23)33)31(3)24-18-32(15-13-20(24)2)17-21-7-5-4-6-8-21/h4-12,14,16,20,24H,13,15,17-18H2,1-3H3/i3D3. The number of fused-ring (bicyclic) bond motifs is 1. The van der Waals surface area contributed by atoms with Crippen molar-refractivity contribution in [2.75, 3.05) is 25.0 Å². The van der Waals surface area contributed by atoms with E-state index in [1.54, 1.807) is 18.2 Å². The van der Waals surface area contributed by atoms with Crippen molar-refractivity contribution in [1.29, 1.82) is 0 Å². The number of hydrogen-bond acceptors (Lipinski definition) is 6. The SMILES string of the molecule is [2H]C([2H])([2H])N(c1nc(Cl)nc2c1ccn2S(=O)(=O)c1ccc(C)cc1)C1CN(Cc2ccccc2)CCC1C. The first-order valence-electron chi connectivity index (χ1n) is 13.4. The zero-order chi connectivity index (χ0) is 27.9. The molecule has 0 N–H and O–H groups in total. The van der Waals surface area contributed by atoms with E-state index in [0.717, 1.165) is 28.1 Å². The lowest BCUT2D eigenvalue weighted by Crippen LogP contribution is -2.51. The van der Waals surface area contributed by atoms with Gasteiger partial charge in [0.2, 0.25) is 5.28 Å². The van der Waals surface area contributed by atoms with Crippen molar-refractivity contribution in [2.24, 2.45) is 5.92 Å². The molecule has 0 aliphatic carbocycles. The summed E-state index contributed by atoms with van der Waals surface area (Å²) in [6.07, 6.45) is 2.17. The fraction of sp³-hybridized carbons (Fsp3) is 0.333. The van der Waals surface area contributed by atoms with Crippen LogP contribution in [0.5, 0.6) is 0 Å². The number of likely N-dealkylation sites (N-methyl/N-ethyl adjacent to an activating group) is 1. The molecule has 0 saturated carbocycles. The molecule has 1 aliphatic rings. The maximum absolute atomic E-state index is 13.5. The van der Waals surface area contributed by atoms with Crippen molar-refractivity contribution in [1.82, 2.24) is 18.8 Å². The first-order valence-corrected chi connectivity index (χ1v) is 13.7. The minimum Gasteiger partial charge on any atom is -0.354 e. The Bertz CT molecular complexity index is 1580. The van der Waals surface area contributed by atoms with Crippen molar-refractivity contribution >= 4 is 38.5 Å². The van der Waals surface area contributed by atoms with E-state index in [1.807, 2.05) is 32.0 Å². The average molecular weight is 527 g/mol. The third-order valence-corrected chi connectivity index (χ3v) is 8.70. The van der Waals surface area contributed by atoms with Gasteiger partial charge in [-0.1, -0.05) is 55.0 Å². The Morgan fingerprint density at radius 1 is 1.11 bits per heavy atom. The summed E-state index contributed by atoms with van der Waals surface area (Å²) < 4.78 is 53.5. The molecule has 7 nitrogen and oxygen atoms in total. The number of benzene rings is 2. The number of piperidine rings is 1. The summed E-state index contributed by atoms with van der Waals surface area (Å²) in [6.45, 7) is 3.39. The van der Waals surface area contributed by atoms with Gasteiger partial charge in [0.1, 0.15) is 5.82 Å². The van der Waals surface area contributed by atoms with Gasteiger partial charge in [-0.15, -0.1) is 0 Å². The molecule has 1 aliphatic heterocycles. The topological polar surface area (TPSA) is 71.3 Å². The lowest BCUT2D eigenvalue weighted by Gasteiger charge is -2.42. The summed E-state index contributed by atoms with van der Waals surface area (Å²) in [5.74, 6) is 0.140. The molecule has 2 atom stereocenters. The molecule has 4 aromatic rings. The Balaban J connectivity index is 1.58. The van der Waals surface area contributed by atoms with Crippen LogP contribution in [0, 0.1) is 12.8 Å². The van der Waals surface area contributed by atoms with Gasteiger partial charge in [-0.05, 0) is 61.2 Å². The highest BCUT2D eigenvalue weighted by Gasteiger charge is 2.32. The molecule has 0 amide bonds. The van der Waals surface area contributed by atoms with Crippen LogP contribution < -0.4 is 4.90 Å². The number of anilines is 1. The predicted octanol–water partition coefficient (Wildman–Crippen LogP) is 4.98. The zero-order valence-corrected chi connectivity index (χ0v) is 21.7. The summed E-state index contributed by atoms with van der Waals surface area (Å²) in [7, 11) is -4.01. The molecule has 2 aromatic carbocycles. The second-order valence-corrected chi connectivity index (χ2v) is 11.6. The summed E-state index contributed by atoms with van der Waals surface area (Å²) in [4.78, 5) is 12.2. The first-order chi connectivity index (χ1) is 18.4. The number of rotatable bonds is 6. The van der Waals surface area contributed by atoms with Crippen molar-refractivity contribution in [3.05, 3.63) is 83.3 Å². The smallest absolute Gasteiger partial charge is 0.269 e. The summed E-state index contributed by atoms with van der Waals surface area (Å²) in [5.41, 5.74) is 2.11. The van der Waals surface area contributed by atoms with Crippen LogP contribution in [0.1, 0.15) is 28.6 Å². The maximum Gasteiger partial charge on any atom is 0.269 e. The molecule has 2 unspecified atom stereocenters. The number of nitrogens with zero attached hydrogens (tertiary/aromatic N) is 5. The van der Waals surface area contributed by atoms with E-state index in [-0.39, 0.29) is 27.6 Å². The lowest BCUT2D eigenvalue weighted by molar-refractivity contribution is 0.159. The Morgan fingerprint density at radius 3 is 2.58 bits per heavy atom. The normalized spacial score (nSPS) is 20.6. The molecule has 9 heteroatoms. The molecule has 188 valence electrons. The van der Waals surface area contributed by atoms with Crippen LogP contribution in [0.2, 0.25) is 5.28 Å². The van der Waals surface area contributed by atoms with Crippen molar-refractivity contribution in [2.45, 2.75) is 37.8 Å². The van der Waals surface area contributed by atoms with E-state index in [2.05, 4.69) is 27.0 Å². The van der Waals surface area contributed by atoms with Crippen molar-refractivity contribution < 1.29 is 12.5 Å². The number of aromatic nitrogens is 3. The van der Waals surface area contributed by atoms with Gasteiger partial charge in [-0.2, -0.15) is 9.97 Å². The zero-order valence-electron chi connectivity index (χ0n) is 23.2. The van der Waals surface area contributed by atoms with E-state index < -0.39 is 23.0 Å². The van der Waals surface area contributed by atoms with Gasteiger partial charge >= 0.3 is 0 Å². The highest BCUT2D eigenvalue weighted by molar-refractivity contribution is 7.90. The largest absolute Gasteiger partial charge is 0.354 e. The molecule has 36 heavy (non-hydrogen) atoms. The van der Waals surface area contributed by atoms with Crippen LogP contribution in [0.4, 0.5) is 5.82 Å². The van der Waals surface area contributed by atoms with Crippen molar-refractivity contribution in [3.63, 3.8) is 0 Å². The second-order valence-electron chi connectivity index (χ2n) is 9.41. The molecule has 0 spiro atoms. The van der Waals surface area contributed by atoms with Crippen LogP contribution in [0.15, 0.2) is 71.8 Å². The Labute approximate surface area is 221 Å². The Kier molecular flexibility index (Phi) is 5.79. The van der Waals surface area contributed by atoms with Crippen LogP contribution in [-0.2, 0) is 16.6 Å². The van der Waals surface area contributed by atoms with E-state index in [4.69, 9.17) is 15.7 Å². The van der Waals surface area contributed by atoms with E-state index in [1.165, 1.54) is 23.2 Å². The molecule has 5 rings (SSSR count). The van der Waals surface area contributed by atoms with Gasteiger partial charge in [0.15, 0.2) is 5.65 Å². The fourth-order valence-electron chi connectivity index (χ4n) is 4.74. The van der Waals surface area contributed by atoms with Crippen molar-refractivity contribution in [3.8, 4) is 0 Å². The highest BCUT2D eigenvalue weighted by Crippen LogP contribution is 2.32. The van der Waals surface area contributed by atoms with E-state index in [0.29, 0.717) is 18.5 Å². The van der Waals surface area contributed by atoms with Crippen LogP contribution in [-0.4, -0.2) is 53.4 Å². The number of hydrogen-bond donors (Lipinski definition) is 0. The number of halogens is 1. The quantitative estimate of drug-likeness (QED) is 0.330. The van der Waals surface area contributed by atoms with E-state index >= 15 is 0 Å². The third-order valence-electron chi connectivity index (χ3n) is 6.85. The molecule has 2 aromatic heterocycles. The van der Waals surface area contributed by atoms with Gasteiger partial charge in [0.05, 0.1) is 10.3 Å². The van der Waals surface area contributed by atoms with Gasteiger partial charge in [-0.3, -0.25) is 4.90 Å². The lowest BCUT2D eigenvalue weighted by atomic mass is 9.92. The number of likely N-dealkylation sites (tertiary alicyclic amines) is 1. The fourth-order valence-corrected chi connectivity index (χ4v) is 6.20. The second kappa shape index (κ2) is 9.84. The Hall–Kier alpha value is -2.94. The van der Waals surface area contributed by atoms with Crippen LogP contribution in [0.3, 0.4) is 0 Å². The van der Waals surface area contributed by atoms with Gasteiger partial charge in [0.25, 0.3) is 10.0 Å². The molecule has 0 radical (unpaired) electrons. The molecular weight excluding hydrogens is 494 g/mol. The van der Waals surface area contributed by atoms with Crippen LogP contribution >= 0.6 is 11.6 Å². The molecule has 3 heterocycles. The monoisotopic (exact) mass is 526 g/mol. The first kappa shape index (κ1) is 21.2. The Morgan fingerprint density at radius 2 is 1.86 bits per heavy atom. The average Bonchev–Trinajstić information content (AvgIpc) is 3.31. The van der Waals surface area contributed by atoms with Gasteiger partial charge in [-0.25, -0.2) is 12.4 Å². The molecule has 0 bridgehead atoms. The summed E-state index contributed by atoms with van der Waals surface area (Å²) in [6, 6.07) is 17.7. The van der Waals surface area contributed by atoms with Gasteiger partial charge < -0.3 is 4.90 Å². The summed E-state index contributed by atoms with van der Waals surface area (Å²) in [5, 5.41) is 0.0778.